The molecule has 5 aromatic rings. The van der Waals surface area contributed by atoms with Crippen LogP contribution >= 0.6 is 11.3 Å². The van der Waals surface area contributed by atoms with Crippen molar-refractivity contribution in [1.82, 2.24) is 24.3 Å². The van der Waals surface area contributed by atoms with Crippen molar-refractivity contribution in [3.05, 3.63) is 77.1 Å². The van der Waals surface area contributed by atoms with Gasteiger partial charge >= 0.3 is 0 Å². The lowest BCUT2D eigenvalue weighted by molar-refractivity contribution is -0.138. The molecule has 0 spiro atoms. The van der Waals surface area contributed by atoms with Crippen LogP contribution < -0.4 is 9.80 Å². The number of carbonyl (C=O) groups excluding carboxylic acids is 1. The Morgan fingerprint density at radius 2 is 1.69 bits per heavy atom. The standard InChI is InChI=1S/C37H40N8O2S/c1-4-30-35(42(3)37-41-34(31(21-38)48-37)25-7-5-24(2)6-8-25)45-23-28(10-12-33(45)40-30)27-9-11-32(39-22-27)43-17-13-26(14-18-43)36(47)44-19-15-29(46)16-20-44/h5-12,22-23,26,29,46H,4,13-20H2,1-3H3. The second-order valence-electron chi connectivity index (χ2n) is 12.8. The average molecular weight is 661 g/mol. The number of nitrogens with zero attached hydrogens (tertiary/aromatic N) is 8. The number of aliphatic hydroxyl groups is 1. The van der Waals surface area contributed by atoms with Gasteiger partial charge in [-0.3, -0.25) is 9.20 Å². The van der Waals surface area contributed by atoms with E-state index in [0.717, 1.165) is 82.7 Å². The van der Waals surface area contributed by atoms with E-state index in [4.69, 9.17) is 15.0 Å². The number of imidazole rings is 1. The molecule has 4 aromatic heterocycles. The monoisotopic (exact) mass is 660 g/mol. The maximum absolute atomic E-state index is 13.0. The van der Waals surface area contributed by atoms with E-state index in [2.05, 4.69) is 46.7 Å². The number of aromatic nitrogens is 4. The smallest absolute Gasteiger partial charge is 0.225 e. The number of aliphatic hydroxyl groups excluding tert-OH is 1. The summed E-state index contributed by atoms with van der Waals surface area (Å²) < 4.78 is 2.10. The number of anilines is 3. The summed E-state index contributed by atoms with van der Waals surface area (Å²) in [5.74, 6) is 2.13. The van der Waals surface area contributed by atoms with Crippen molar-refractivity contribution in [2.45, 2.75) is 52.1 Å². The SMILES string of the molecule is CCc1nc2ccc(-c3ccc(N4CCC(C(=O)N5CCC(O)CC5)CC4)nc3)cn2c1N(C)c1nc(-c2ccc(C)cc2)c(C#N)s1. The lowest BCUT2D eigenvalue weighted by Crippen LogP contribution is -2.46. The number of nitriles is 1. The van der Waals surface area contributed by atoms with Gasteiger partial charge in [0.2, 0.25) is 5.91 Å². The van der Waals surface area contributed by atoms with Crippen LogP contribution in [0.4, 0.5) is 16.8 Å². The minimum Gasteiger partial charge on any atom is -0.393 e. The van der Waals surface area contributed by atoms with Crippen LogP contribution in [-0.2, 0) is 11.2 Å². The van der Waals surface area contributed by atoms with Gasteiger partial charge in [0, 0.05) is 68.2 Å². The quantitative estimate of drug-likeness (QED) is 0.219. The van der Waals surface area contributed by atoms with Crippen LogP contribution in [0, 0.1) is 24.2 Å². The number of likely N-dealkylation sites (tertiary alicyclic amines) is 1. The third-order valence-corrected chi connectivity index (χ3v) is 10.7. The fraction of sp³-hybridized carbons (Fsp3) is 0.378. The molecule has 0 atom stereocenters. The first kappa shape index (κ1) is 31.8. The van der Waals surface area contributed by atoms with Crippen molar-refractivity contribution in [3.8, 4) is 28.5 Å². The van der Waals surface area contributed by atoms with E-state index in [1.165, 1.54) is 11.3 Å². The summed E-state index contributed by atoms with van der Waals surface area (Å²) in [5.41, 5.74) is 6.60. The largest absolute Gasteiger partial charge is 0.393 e. The first-order valence-corrected chi connectivity index (χ1v) is 17.6. The fourth-order valence-corrected chi connectivity index (χ4v) is 7.66. The van der Waals surface area contributed by atoms with Gasteiger partial charge in [0.15, 0.2) is 5.13 Å². The molecule has 0 bridgehead atoms. The summed E-state index contributed by atoms with van der Waals surface area (Å²) in [7, 11) is 1.98. The van der Waals surface area contributed by atoms with Crippen LogP contribution in [0.15, 0.2) is 60.9 Å². The van der Waals surface area contributed by atoms with E-state index in [1.807, 2.05) is 60.3 Å². The van der Waals surface area contributed by atoms with Crippen molar-refractivity contribution >= 4 is 39.7 Å². The molecule has 0 unspecified atom stereocenters. The molecule has 2 aliphatic heterocycles. The fourth-order valence-electron chi connectivity index (χ4n) is 6.81. The summed E-state index contributed by atoms with van der Waals surface area (Å²) in [6, 6.07) is 18.7. The summed E-state index contributed by atoms with van der Waals surface area (Å²) in [6.07, 6.45) is 7.48. The first-order chi connectivity index (χ1) is 23.3. The summed E-state index contributed by atoms with van der Waals surface area (Å²) >= 11 is 1.38. The Kier molecular flexibility index (Phi) is 8.86. The Bertz CT molecular complexity index is 1960. The van der Waals surface area contributed by atoms with E-state index in [-0.39, 0.29) is 17.9 Å². The van der Waals surface area contributed by atoms with Crippen LogP contribution in [0.1, 0.15) is 48.7 Å². The van der Waals surface area contributed by atoms with Gasteiger partial charge in [-0.05, 0) is 63.3 Å². The number of thiazole rings is 1. The van der Waals surface area contributed by atoms with Gasteiger partial charge in [-0.1, -0.05) is 48.1 Å². The second kappa shape index (κ2) is 13.4. The third-order valence-electron chi connectivity index (χ3n) is 9.67. The van der Waals surface area contributed by atoms with Crippen molar-refractivity contribution in [2.75, 3.05) is 43.0 Å². The maximum Gasteiger partial charge on any atom is 0.225 e. The Hall–Kier alpha value is -4.79. The molecule has 48 heavy (non-hydrogen) atoms. The van der Waals surface area contributed by atoms with Crippen molar-refractivity contribution in [2.24, 2.45) is 5.92 Å². The summed E-state index contributed by atoms with van der Waals surface area (Å²) in [4.78, 5) is 34.6. The maximum atomic E-state index is 13.0. The van der Waals surface area contributed by atoms with E-state index in [9.17, 15) is 15.2 Å². The third kappa shape index (κ3) is 6.14. The molecule has 2 saturated heterocycles. The van der Waals surface area contributed by atoms with Crippen molar-refractivity contribution in [1.29, 1.82) is 5.26 Å². The Morgan fingerprint density at radius 1 is 0.979 bits per heavy atom. The molecule has 0 saturated carbocycles. The zero-order valence-corrected chi connectivity index (χ0v) is 28.5. The predicted octanol–water partition coefficient (Wildman–Crippen LogP) is 6.23. The van der Waals surface area contributed by atoms with Gasteiger partial charge in [-0.15, -0.1) is 0 Å². The molecule has 1 aromatic carbocycles. The molecule has 10 nitrogen and oxygen atoms in total. The molecule has 11 heteroatoms. The van der Waals surface area contributed by atoms with Gasteiger partial charge in [0.1, 0.15) is 33.9 Å². The molecule has 6 heterocycles. The number of fused-ring (bicyclic) bond motifs is 1. The highest BCUT2D eigenvalue weighted by molar-refractivity contribution is 7.16. The van der Waals surface area contributed by atoms with E-state index in [1.54, 1.807) is 0 Å². The Labute approximate surface area is 284 Å². The van der Waals surface area contributed by atoms with Crippen LogP contribution in [0.2, 0.25) is 0 Å². The lowest BCUT2D eigenvalue weighted by atomic mass is 9.94. The zero-order valence-electron chi connectivity index (χ0n) is 27.6. The number of amides is 1. The number of aryl methyl sites for hydroxylation is 2. The van der Waals surface area contributed by atoms with Crippen molar-refractivity contribution in [3.63, 3.8) is 0 Å². The van der Waals surface area contributed by atoms with Crippen molar-refractivity contribution < 1.29 is 9.90 Å². The van der Waals surface area contributed by atoms with E-state index in [0.29, 0.717) is 36.5 Å². The minimum absolute atomic E-state index is 0.0445. The highest BCUT2D eigenvalue weighted by Crippen LogP contribution is 2.37. The van der Waals surface area contributed by atoms with Crippen LogP contribution in [-0.4, -0.2) is 74.6 Å². The molecule has 0 aliphatic carbocycles. The number of piperidine rings is 2. The van der Waals surface area contributed by atoms with Gasteiger partial charge in [-0.2, -0.15) is 5.26 Å². The molecule has 7 rings (SSSR count). The number of rotatable bonds is 7. The normalized spacial score (nSPS) is 16.0. The van der Waals surface area contributed by atoms with Gasteiger partial charge < -0.3 is 19.8 Å². The topological polar surface area (TPSA) is 114 Å². The lowest BCUT2D eigenvalue weighted by Gasteiger charge is -2.36. The molecular weight excluding hydrogens is 621 g/mol. The molecule has 1 amide bonds. The Balaban J connectivity index is 1.09. The zero-order chi connectivity index (χ0) is 33.4. The average Bonchev–Trinajstić information content (AvgIpc) is 3.73. The predicted molar refractivity (Wildman–Crippen MR) is 190 cm³/mol. The van der Waals surface area contributed by atoms with Crippen LogP contribution in [0.3, 0.4) is 0 Å². The van der Waals surface area contributed by atoms with Gasteiger partial charge in [0.25, 0.3) is 0 Å². The van der Waals surface area contributed by atoms with E-state index < -0.39 is 0 Å². The highest BCUT2D eigenvalue weighted by Gasteiger charge is 2.31. The molecule has 2 fully saturated rings. The van der Waals surface area contributed by atoms with Crippen LogP contribution in [0.25, 0.3) is 28.0 Å². The first-order valence-electron chi connectivity index (χ1n) is 16.7. The van der Waals surface area contributed by atoms with Gasteiger partial charge in [0.05, 0.1) is 11.8 Å². The highest BCUT2D eigenvalue weighted by atomic mass is 32.1. The molecule has 2 aliphatic rings. The molecule has 0 radical (unpaired) electrons. The number of carbonyl (C=O) groups is 1. The number of pyridine rings is 2. The van der Waals surface area contributed by atoms with E-state index >= 15 is 0 Å². The second-order valence-corrected chi connectivity index (χ2v) is 13.8. The molecular formula is C37H40N8O2S. The van der Waals surface area contributed by atoms with Gasteiger partial charge in [-0.25, -0.2) is 15.0 Å². The number of hydrogen-bond donors (Lipinski definition) is 1. The number of hydrogen-bond acceptors (Lipinski definition) is 9. The summed E-state index contributed by atoms with van der Waals surface area (Å²) in [5, 5.41) is 20.5. The van der Waals surface area contributed by atoms with Crippen LogP contribution in [0.5, 0.6) is 0 Å². The minimum atomic E-state index is -0.274. The molecule has 1 N–H and O–H groups in total. The summed E-state index contributed by atoms with van der Waals surface area (Å²) in [6.45, 7) is 7.06. The number of benzene rings is 1. The Morgan fingerprint density at radius 3 is 2.35 bits per heavy atom. The molecule has 246 valence electrons.